The predicted molar refractivity (Wildman–Crippen MR) is 88.0 cm³/mol. The third-order valence-corrected chi connectivity index (χ3v) is 4.44. The fourth-order valence-electron chi connectivity index (χ4n) is 2.92. The lowest BCUT2D eigenvalue weighted by molar-refractivity contribution is -0.120. The SMILES string of the molecule is O=C(CC(=O)C1CCc2ccccc2C1=O)c1ccc(Cl)cc1. The maximum Gasteiger partial charge on any atom is 0.173 e. The van der Waals surface area contributed by atoms with Crippen LogP contribution in [0.25, 0.3) is 0 Å². The van der Waals surface area contributed by atoms with Gasteiger partial charge in [-0.1, -0.05) is 35.9 Å². The number of carbonyl (C=O) groups is 3. The van der Waals surface area contributed by atoms with Gasteiger partial charge < -0.3 is 0 Å². The zero-order chi connectivity index (χ0) is 16.4. The fourth-order valence-corrected chi connectivity index (χ4v) is 3.05. The number of rotatable bonds is 4. The summed E-state index contributed by atoms with van der Waals surface area (Å²) in [4.78, 5) is 37.1. The van der Waals surface area contributed by atoms with E-state index >= 15 is 0 Å². The Morgan fingerprint density at radius 2 is 1.74 bits per heavy atom. The topological polar surface area (TPSA) is 51.2 Å². The van der Waals surface area contributed by atoms with Gasteiger partial charge in [-0.3, -0.25) is 14.4 Å². The molecular weight excluding hydrogens is 312 g/mol. The highest BCUT2D eigenvalue weighted by Gasteiger charge is 2.33. The number of carbonyl (C=O) groups excluding carboxylic acids is 3. The molecule has 0 aliphatic heterocycles. The Bertz CT molecular complexity index is 777. The van der Waals surface area contributed by atoms with Gasteiger partial charge in [-0.05, 0) is 42.7 Å². The first-order valence-electron chi connectivity index (χ1n) is 7.50. The first-order valence-corrected chi connectivity index (χ1v) is 7.87. The minimum absolute atomic E-state index is 0.166. The van der Waals surface area contributed by atoms with Crippen LogP contribution in [0.1, 0.15) is 39.1 Å². The lowest BCUT2D eigenvalue weighted by Crippen LogP contribution is -2.30. The van der Waals surface area contributed by atoms with Gasteiger partial charge in [-0.2, -0.15) is 0 Å². The first-order chi connectivity index (χ1) is 11.1. The number of Topliss-reactive ketones (excluding diaryl/α,β-unsaturated/α-hetero) is 3. The molecular formula is C19H15ClO3. The Hall–Kier alpha value is -2.26. The van der Waals surface area contributed by atoms with Gasteiger partial charge in [0, 0.05) is 16.1 Å². The number of hydrogen-bond acceptors (Lipinski definition) is 3. The summed E-state index contributed by atoms with van der Waals surface area (Å²) in [7, 11) is 0. The maximum absolute atomic E-state index is 12.5. The first kappa shape index (κ1) is 15.6. The normalized spacial score (nSPS) is 16.7. The van der Waals surface area contributed by atoms with E-state index < -0.39 is 5.92 Å². The number of aryl methyl sites for hydroxylation is 1. The smallest absolute Gasteiger partial charge is 0.173 e. The standard InChI is InChI=1S/C19H15ClO3/c20-14-8-5-13(6-9-14)17(21)11-18(22)16-10-7-12-3-1-2-4-15(12)19(16)23/h1-6,8-9,16H,7,10-11H2. The highest BCUT2D eigenvalue weighted by molar-refractivity contribution is 6.30. The van der Waals surface area contributed by atoms with Crippen molar-refractivity contribution in [3.05, 3.63) is 70.2 Å². The monoisotopic (exact) mass is 326 g/mol. The van der Waals surface area contributed by atoms with Crippen molar-refractivity contribution in [2.24, 2.45) is 5.92 Å². The van der Waals surface area contributed by atoms with Crippen LogP contribution in [0, 0.1) is 5.92 Å². The molecule has 0 fully saturated rings. The average molecular weight is 327 g/mol. The van der Waals surface area contributed by atoms with Crippen LogP contribution in [0.3, 0.4) is 0 Å². The molecule has 0 aromatic heterocycles. The van der Waals surface area contributed by atoms with E-state index in [0.717, 1.165) is 5.56 Å². The van der Waals surface area contributed by atoms with E-state index in [1.165, 1.54) is 0 Å². The van der Waals surface area contributed by atoms with Crippen molar-refractivity contribution in [3.8, 4) is 0 Å². The van der Waals surface area contributed by atoms with E-state index in [0.29, 0.717) is 29.0 Å². The van der Waals surface area contributed by atoms with Gasteiger partial charge in [-0.25, -0.2) is 0 Å². The van der Waals surface area contributed by atoms with Crippen LogP contribution in [-0.4, -0.2) is 17.3 Å². The molecule has 4 heteroatoms. The summed E-state index contributed by atoms with van der Waals surface area (Å²) in [6.45, 7) is 0. The van der Waals surface area contributed by atoms with Crippen LogP contribution in [0.15, 0.2) is 48.5 Å². The summed E-state index contributed by atoms with van der Waals surface area (Å²) < 4.78 is 0. The van der Waals surface area contributed by atoms with E-state index in [4.69, 9.17) is 11.6 Å². The van der Waals surface area contributed by atoms with Crippen molar-refractivity contribution in [3.63, 3.8) is 0 Å². The number of ketones is 3. The molecule has 0 radical (unpaired) electrons. The molecule has 116 valence electrons. The van der Waals surface area contributed by atoms with Gasteiger partial charge in [0.2, 0.25) is 0 Å². The van der Waals surface area contributed by atoms with Crippen LogP contribution < -0.4 is 0 Å². The molecule has 0 N–H and O–H groups in total. The van der Waals surface area contributed by atoms with Gasteiger partial charge in [0.15, 0.2) is 17.3 Å². The van der Waals surface area contributed by atoms with Crippen LogP contribution in [0.5, 0.6) is 0 Å². The molecule has 0 saturated carbocycles. The molecule has 3 rings (SSSR count). The Balaban J connectivity index is 1.73. The molecule has 3 nitrogen and oxygen atoms in total. The van der Waals surface area contributed by atoms with Crippen LogP contribution in [-0.2, 0) is 11.2 Å². The minimum Gasteiger partial charge on any atom is -0.298 e. The summed E-state index contributed by atoms with van der Waals surface area (Å²) in [6, 6.07) is 13.8. The molecule has 0 amide bonds. The molecule has 0 bridgehead atoms. The van der Waals surface area contributed by atoms with Gasteiger partial charge >= 0.3 is 0 Å². The van der Waals surface area contributed by atoms with E-state index in [1.54, 1.807) is 36.4 Å². The van der Waals surface area contributed by atoms with E-state index in [9.17, 15) is 14.4 Å². The molecule has 0 saturated heterocycles. The van der Waals surface area contributed by atoms with E-state index in [2.05, 4.69) is 0 Å². The highest BCUT2D eigenvalue weighted by atomic mass is 35.5. The Morgan fingerprint density at radius 3 is 2.48 bits per heavy atom. The number of fused-ring (bicyclic) bond motifs is 1. The zero-order valence-electron chi connectivity index (χ0n) is 12.4. The second-order valence-electron chi connectivity index (χ2n) is 5.69. The summed E-state index contributed by atoms with van der Waals surface area (Å²) in [5.74, 6) is -1.45. The molecule has 23 heavy (non-hydrogen) atoms. The number of benzene rings is 2. The summed E-state index contributed by atoms with van der Waals surface area (Å²) >= 11 is 5.79. The van der Waals surface area contributed by atoms with Gasteiger partial charge in [0.25, 0.3) is 0 Å². The van der Waals surface area contributed by atoms with Crippen LogP contribution in [0.2, 0.25) is 5.02 Å². The van der Waals surface area contributed by atoms with Crippen molar-refractivity contribution in [2.45, 2.75) is 19.3 Å². The second-order valence-corrected chi connectivity index (χ2v) is 6.12. The van der Waals surface area contributed by atoms with Crippen molar-refractivity contribution in [2.75, 3.05) is 0 Å². The predicted octanol–water partition coefficient (Wildman–Crippen LogP) is 3.93. The average Bonchev–Trinajstić information content (AvgIpc) is 2.56. The number of halogens is 1. The molecule has 1 unspecified atom stereocenters. The third kappa shape index (κ3) is 3.25. The summed E-state index contributed by atoms with van der Waals surface area (Å²) in [5, 5.41) is 0.534. The summed E-state index contributed by atoms with van der Waals surface area (Å²) in [6.07, 6.45) is 0.913. The lowest BCUT2D eigenvalue weighted by atomic mass is 9.79. The quantitative estimate of drug-likeness (QED) is 0.632. The molecule has 1 aliphatic rings. The molecule has 0 spiro atoms. The fraction of sp³-hybridized carbons (Fsp3) is 0.211. The van der Waals surface area contributed by atoms with E-state index in [1.807, 2.05) is 12.1 Å². The largest absolute Gasteiger partial charge is 0.298 e. The van der Waals surface area contributed by atoms with Crippen molar-refractivity contribution < 1.29 is 14.4 Å². The van der Waals surface area contributed by atoms with Gasteiger partial charge in [0.05, 0.1) is 12.3 Å². The van der Waals surface area contributed by atoms with E-state index in [-0.39, 0.29) is 23.8 Å². The molecule has 1 aliphatic carbocycles. The lowest BCUT2D eigenvalue weighted by Gasteiger charge is -2.22. The van der Waals surface area contributed by atoms with Crippen molar-refractivity contribution in [1.82, 2.24) is 0 Å². The van der Waals surface area contributed by atoms with Crippen LogP contribution in [0.4, 0.5) is 0 Å². The molecule has 1 atom stereocenters. The van der Waals surface area contributed by atoms with Crippen molar-refractivity contribution in [1.29, 1.82) is 0 Å². The molecule has 0 heterocycles. The third-order valence-electron chi connectivity index (χ3n) is 4.19. The molecule has 2 aromatic rings. The Labute approximate surface area is 139 Å². The van der Waals surface area contributed by atoms with Crippen LogP contribution >= 0.6 is 11.6 Å². The number of hydrogen-bond donors (Lipinski definition) is 0. The Morgan fingerprint density at radius 1 is 1.04 bits per heavy atom. The van der Waals surface area contributed by atoms with Gasteiger partial charge in [-0.15, -0.1) is 0 Å². The Kier molecular flexibility index (Phi) is 4.39. The van der Waals surface area contributed by atoms with Gasteiger partial charge in [0.1, 0.15) is 0 Å². The molecule has 2 aromatic carbocycles. The zero-order valence-corrected chi connectivity index (χ0v) is 13.2. The second kappa shape index (κ2) is 6.47. The van der Waals surface area contributed by atoms with Crippen molar-refractivity contribution >= 4 is 29.0 Å². The maximum atomic E-state index is 12.5. The summed E-state index contributed by atoms with van der Waals surface area (Å²) in [5.41, 5.74) is 2.02. The highest BCUT2D eigenvalue weighted by Crippen LogP contribution is 2.27. The minimum atomic E-state index is -0.707.